The molecule has 5 nitrogen and oxygen atoms in total. The Hall–Kier alpha value is -1.88. The molecule has 2 amide bonds. The fourth-order valence-electron chi connectivity index (χ4n) is 2.07. The molecule has 21 heavy (non-hydrogen) atoms. The summed E-state index contributed by atoms with van der Waals surface area (Å²) in [7, 11) is 0. The molecule has 0 aromatic heterocycles. The van der Waals surface area contributed by atoms with E-state index in [9.17, 15) is 9.59 Å². The van der Waals surface area contributed by atoms with Gasteiger partial charge in [0.25, 0.3) is 0 Å². The molecule has 1 aromatic carbocycles. The molecule has 1 atom stereocenters. The average Bonchev–Trinajstić information content (AvgIpc) is 2.41. The van der Waals surface area contributed by atoms with Gasteiger partial charge >= 0.3 is 0 Å². The topological polar surface area (TPSA) is 75.4 Å². The number of rotatable bonds is 7. The van der Waals surface area contributed by atoms with Crippen molar-refractivity contribution in [2.45, 2.75) is 39.7 Å². The molecule has 0 bridgehead atoms. The maximum absolute atomic E-state index is 12.0. The molecule has 0 saturated carbocycles. The van der Waals surface area contributed by atoms with Gasteiger partial charge in [-0.1, -0.05) is 12.1 Å². The van der Waals surface area contributed by atoms with Crippen molar-refractivity contribution in [3.63, 3.8) is 0 Å². The van der Waals surface area contributed by atoms with E-state index in [-0.39, 0.29) is 17.9 Å². The summed E-state index contributed by atoms with van der Waals surface area (Å²) in [6.07, 6.45) is 0.679. The Balaban J connectivity index is 2.58. The van der Waals surface area contributed by atoms with E-state index in [4.69, 9.17) is 5.73 Å². The Bertz CT molecular complexity index is 465. The minimum Gasteiger partial charge on any atom is -0.343 e. The molecule has 1 aromatic rings. The van der Waals surface area contributed by atoms with Crippen LogP contribution in [-0.4, -0.2) is 35.8 Å². The lowest BCUT2D eigenvalue weighted by Gasteiger charge is -2.18. The Morgan fingerprint density at radius 1 is 1.19 bits per heavy atom. The highest BCUT2D eigenvalue weighted by atomic mass is 16.2. The number of likely N-dealkylation sites (N-methyl/N-ethyl adjacent to an activating group) is 1. The van der Waals surface area contributed by atoms with Gasteiger partial charge in [-0.05, 0) is 38.5 Å². The lowest BCUT2D eigenvalue weighted by molar-refractivity contribution is -0.130. The van der Waals surface area contributed by atoms with Crippen molar-refractivity contribution in [2.75, 3.05) is 18.4 Å². The number of hydrogen-bond donors (Lipinski definition) is 2. The molecule has 3 N–H and O–H groups in total. The highest BCUT2D eigenvalue weighted by molar-refractivity contribution is 5.91. The standard InChI is InChI=1S/C16H25N3O2/c1-4-19(5-2)16(21)11-13-6-8-14(9-7-13)18-15(20)10-12(3)17/h6-9,12H,4-5,10-11,17H2,1-3H3,(H,18,20). The van der Waals surface area contributed by atoms with Crippen LogP contribution < -0.4 is 11.1 Å². The summed E-state index contributed by atoms with van der Waals surface area (Å²) in [5.41, 5.74) is 7.24. The first-order chi connectivity index (χ1) is 9.96. The Kier molecular flexibility index (Phi) is 6.88. The largest absolute Gasteiger partial charge is 0.343 e. The third kappa shape index (κ3) is 5.95. The van der Waals surface area contributed by atoms with Gasteiger partial charge in [-0.25, -0.2) is 0 Å². The number of nitrogens with two attached hydrogens (primary N) is 1. The van der Waals surface area contributed by atoms with Crippen LogP contribution in [0.25, 0.3) is 0 Å². The molecule has 0 aliphatic carbocycles. The zero-order valence-electron chi connectivity index (χ0n) is 13.1. The molecule has 1 unspecified atom stereocenters. The number of anilines is 1. The third-order valence-electron chi connectivity index (χ3n) is 3.22. The van der Waals surface area contributed by atoms with E-state index in [0.29, 0.717) is 12.8 Å². The predicted octanol–water partition coefficient (Wildman–Crippen LogP) is 1.77. The van der Waals surface area contributed by atoms with Crippen LogP contribution in [0.5, 0.6) is 0 Å². The van der Waals surface area contributed by atoms with Gasteiger partial charge in [0.15, 0.2) is 0 Å². The molecule has 0 heterocycles. The molecular formula is C16H25N3O2. The van der Waals surface area contributed by atoms with Crippen LogP contribution in [-0.2, 0) is 16.0 Å². The second-order valence-corrected chi connectivity index (χ2v) is 5.17. The quantitative estimate of drug-likeness (QED) is 0.804. The second kappa shape index (κ2) is 8.42. The van der Waals surface area contributed by atoms with E-state index in [1.54, 1.807) is 11.8 Å². The number of nitrogens with one attached hydrogen (secondary N) is 1. The molecule has 0 aliphatic rings. The van der Waals surface area contributed by atoms with Crippen molar-refractivity contribution in [2.24, 2.45) is 5.73 Å². The molecule has 0 aliphatic heterocycles. The number of hydrogen-bond acceptors (Lipinski definition) is 3. The summed E-state index contributed by atoms with van der Waals surface area (Å²) in [6, 6.07) is 7.19. The van der Waals surface area contributed by atoms with E-state index >= 15 is 0 Å². The smallest absolute Gasteiger partial charge is 0.226 e. The number of carbonyl (C=O) groups excluding carboxylic acids is 2. The van der Waals surface area contributed by atoms with Gasteiger partial charge in [0.1, 0.15) is 0 Å². The maximum atomic E-state index is 12.0. The fourth-order valence-corrected chi connectivity index (χ4v) is 2.07. The number of benzene rings is 1. The minimum absolute atomic E-state index is 0.100. The van der Waals surface area contributed by atoms with Gasteiger partial charge in [-0.2, -0.15) is 0 Å². The summed E-state index contributed by atoms with van der Waals surface area (Å²) in [5, 5.41) is 2.78. The highest BCUT2D eigenvalue weighted by Gasteiger charge is 2.10. The van der Waals surface area contributed by atoms with Crippen LogP contribution in [0.2, 0.25) is 0 Å². The predicted molar refractivity (Wildman–Crippen MR) is 85.0 cm³/mol. The minimum atomic E-state index is -0.157. The Morgan fingerprint density at radius 3 is 2.24 bits per heavy atom. The van der Waals surface area contributed by atoms with E-state index in [1.807, 2.05) is 38.1 Å². The molecule has 116 valence electrons. The zero-order valence-corrected chi connectivity index (χ0v) is 13.1. The van der Waals surface area contributed by atoms with E-state index in [0.717, 1.165) is 24.3 Å². The van der Waals surface area contributed by atoms with Gasteiger partial charge in [-0.3, -0.25) is 9.59 Å². The van der Waals surface area contributed by atoms with Crippen molar-refractivity contribution in [3.05, 3.63) is 29.8 Å². The maximum Gasteiger partial charge on any atom is 0.226 e. The summed E-state index contributed by atoms with van der Waals surface area (Å²) in [4.78, 5) is 25.4. The van der Waals surface area contributed by atoms with Crippen LogP contribution in [0.3, 0.4) is 0 Å². The van der Waals surface area contributed by atoms with Crippen molar-refractivity contribution in [3.8, 4) is 0 Å². The summed E-state index contributed by atoms with van der Waals surface area (Å²) >= 11 is 0. The first kappa shape index (κ1) is 17.2. The number of carbonyl (C=O) groups is 2. The van der Waals surface area contributed by atoms with Gasteiger partial charge in [-0.15, -0.1) is 0 Å². The lowest BCUT2D eigenvalue weighted by Crippen LogP contribution is -2.31. The molecule has 0 radical (unpaired) electrons. The summed E-state index contributed by atoms with van der Waals surface area (Å²) in [5.74, 6) is 0.0192. The first-order valence-electron chi connectivity index (χ1n) is 7.38. The SMILES string of the molecule is CCN(CC)C(=O)Cc1ccc(NC(=O)CC(C)N)cc1. The molecule has 0 spiro atoms. The average molecular weight is 291 g/mol. The molecule has 0 fully saturated rings. The lowest BCUT2D eigenvalue weighted by atomic mass is 10.1. The van der Waals surface area contributed by atoms with Crippen molar-refractivity contribution < 1.29 is 9.59 Å². The summed E-state index contributed by atoms with van der Waals surface area (Å²) < 4.78 is 0. The first-order valence-corrected chi connectivity index (χ1v) is 7.38. The van der Waals surface area contributed by atoms with Gasteiger partial charge in [0, 0.05) is 31.2 Å². The van der Waals surface area contributed by atoms with Crippen molar-refractivity contribution in [1.29, 1.82) is 0 Å². The second-order valence-electron chi connectivity index (χ2n) is 5.17. The van der Waals surface area contributed by atoms with Crippen LogP contribution in [0.1, 0.15) is 32.8 Å². The van der Waals surface area contributed by atoms with Crippen LogP contribution >= 0.6 is 0 Å². The van der Waals surface area contributed by atoms with Crippen LogP contribution in [0.15, 0.2) is 24.3 Å². The van der Waals surface area contributed by atoms with E-state index in [2.05, 4.69) is 5.32 Å². The fraction of sp³-hybridized carbons (Fsp3) is 0.500. The van der Waals surface area contributed by atoms with E-state index < -0.39 is 0 Å². The molecule has 0 saturated heterocycles. The normalized spacial score (nSPS) is 11.8. The van der Waals surface area contributed by atoms with Crippen LogP contribution in [0.4, 0.5) is 5.69 Å². The molecule has 5 heteroatoms. The Labute approximate surface area is 126 Å². The molecular weight excluding hydrogens is 266 g/mol. The number of amides is 2. The van der Waals surface area contributed by atoms with Crippen molar-refractivity contribution >= 4 is 17.5 Å². The van der Waals surface area contributed by atoms with Gasteiger partial charge in [0.05, 0.1) is 6.42 Å². The monoisotopic (exact) mass is 291 g/mol. The zero-order chi connectivity index (χ0) is 15.8. The van der Waals surface area contributed by atoms with Crippen LogP contribution in [0, 0.1) is 0 Å². The Morgan fingerprint density at radius 2 is 1.76 bits per heavy atom. The van der Waals surface area contributed by atoms with Crippen molar-refractivity contribution in [1.82, 2.24) is 4.90 Å². The summed E-state index contributed by atoms with van der Waals surface area (Å²) in [6.45, 7) is 7.18. The highest BCUT2D eigenvalue weighted by Crippen LogP contribution is 2.11. The van der Waals surface area contributed by atoms with Gasteiger partial charge < -0.3 is 16.0 Å². The third-order valence-corrected chi connectivity index (χ3v) is 3.22. The van der Waals surface area contributed by atoms with E-state index in [1.165, 1.54) is 0 Å². The van der Waals surface area contributed by atoms with Gasteiger partial charge in [0.2, 0.25) is 11.8 Å². The number of nitrogens with zero attached hydrogens (tertiary/aromatic N) is 1. The molecule has 1 rings (SSSR count).